The van der Waals surface area contributed by atoms with Gasteiger partial charge in [-0.05, 0) is 42.5 Å². The van der Waals surface area contributed by atoms with Crippen LogP contribution in [0.4, 0.5) is 10.8 Å². The largest absolute Gasteiger partial charge is 0.497 e. The maximum atomic E-state index is 12.7. The number of methoxy groups -OCH3 is 1. The fraction of sp³-hybridized carbons (Fsp3) is 0.111. The first-order valence-corrected chi connectivity index (χ1v) is 9.29. The van der Waals surface area contributed by atoms with Crippen molar-refractivity contribution in [2.75, 3.05) is 18.2 Å². The molecule has 1 aliphatic rings. The fourth-order valence-corrected chi connectivity index (χ4v) is 4.33. The highest BCUT2D eigenvalue weighted by atomic mass is 79.9. The number of halogens is 1. The molecule has 8 heteroatoms. The third-order valence-electron chi connectivity index (χ3n) is 4.28. The number of ether oxygens (including phenoxy) is 1. The van der Waals surface area contributed by atoms with E-state index < -0.39 is 11.5 Å². The Morgan fingerprint density at radius 2 is 2.00 bits per heavy atom. The third kappa shape index (κ3) is 2.49. The molecule has 3 aromatic rings. The summed E-state index contributed by atoms with van der Waals surface area (Å²) < 4.78 is 5.93. The van der Waals surface area contributed by atoms with Crippen molar-refractivity contribution < 1.29 is 14.6 Å². The Morgan fingerprint density at radius 1 is 1.27 bits per heavy atom. The molecule has 4 rings (SSSR count). The molecule has 0 radical (unpaired) electrons. The van der Waals surface area contributed by atoms with Gasteiger partial charge >= 0.3 is 0 Å². The summed E-state index contributed by atoms with van der Waals surface area (Å²) >= 11 is 4.49. The van der Waals surface area contributed by atoms with Crippen LogP contribution in [0.2, 0.25) is 0 Å². The summed E-state index contributed by atoms with van der Waals surface area (Å²) in [4.78, 5) is 17.4. The van der Waals surface area contributed by atoms with Gasteiger partial charge in [0.05, 0.1) is 17.7 Å². The van der Waals surface area contributed by atoms with Gasteiger partial charge in [-0.3, -0.25) is 4.79 Å². The van der Waals surface area contributed by atoms with Crippen LogP contribution in [0.1, 0.15) is 10.4 Å². The number of nitrogen functional groups attached to an aromatic ring is 1. The quantitative estimate of drug-likeness (QED) is 0.590. The van der Waals surface area contributed by atoms with Gasteiger partial charge in [-0.15, -0.1) is 0 Å². The lowest BCUT2D eigenvalue weighted by molar-refractivity contribution is -0.129. The molecule has 1 unspecified atom stereocenters. The number of carbonyl (C=O) groups excluding carboxylic acids is 1. The fourth-order valence-electron chi connectivity index (χ4n) is 3.01. The molecular formula is C18H14BrN3O3S. The molecule has 26 heavy (non-hydrogen) atoms. The van der Waals surface area contributed by atoms with Crippen molar-refractivity contribution in [1.82, 2.24) is 4.98 Å². The summed E-state index contributed by atoms with van der Waals surface area (Å²) in [6.45, 7) is 0. The standard InChI is InChI=1S/C18H14BrN3O3S/c1-25-11-5-2-9(3-6-11)14-15(26-17(20)22-14)18(24)12-8-10(19)4-7-13(12)21-16(18)23/h2-8,24H,1H3,(H2,20,22)(H,21,23). The van der Waals surface area contributed by atoms with Gasteiger partial charge in [0.25, 0.3) is 5.91 Å². The Balaban J connectivity index is 1.91. The van der Waals surface area contributed by atoms with Gasteiger partial charge < -0.3 is 20.9 Å². The minimum atomic E-state index is -1.86. The number of nitrogens with zero attached hydrogens (tertiary/aromatic N) is 1. The predicted molar refractivity (Wildman–Crippen MR) is 104 cm³/mol. The van der Waals surface area contributed by atoms with Crippen LogP contribution in [-0.4, -0.2) is 23.1 Å². The molecule has 0 saturated heterocycles. The van der Waals surface area contributed by atoms with Crippen LogP contribution in [0.5, 0.6) is 5.75 Å². The molecule has 1 aliphatic heterocycles. The SMILES string of the molecule is COc1ccc(-c2nc(N)sc2C2(O)C(=O)Nc3ccc(Br)cc32)cc1. The van der Waals surface area contributed by atoms with Gasteiger partial charge in [0.2, 0.25) is 5.60 Å². The Morgan fingerprint density at radius 3 is 2.69 bits per heavy atom. The number of hydrogen-bond acceptors (Lipinski definition) is 6. The minimum Gasteiger partial charge on any atom is -0.497 e. The van der Waals surface area contributed by atoms with E-state index in [-0.39, 0.29) is 5.13 Å². The van der Waals surface area contributed by atoms with E-state index in [2.05, 4.69) is 26.2 Å². The zero-order valence-corrected chi connectivity index (χ0v) is 16.0. The van der Waals surface area contributed by atoms with E-state index in [4.69, 9.17) is 10.5 Å². The summed E-state index contributed by atoms with van der Waals surface area (Å²) in [5, 5.41) is 14.4. The number of carbonyl (C=O) groups is 1. The number of amides is 1. The number of rotatable bonds is 3. The van der Waals surface area contributed by atoms with Crippen LogP contribution >= 0.6 is 27.3 Å². The van der Waals surface area contributed by atoms with Crippen molar-refractivity contribution in [3.8, 4) is 17.0 Å². The van der Waals surface area contributed by atoms with Crippen molar-refractivity contribution in [3.63, 3.8) is 0 Å². The first kappa shape index (κ1) is 17.0. The highest BCUT2D eigenvalue weighted by Gasteiger charge is 2.50. The molecule has 4 N–H and O–H groups in total. The van der Waals surface area contributed by atoms with Gasteiger partial charge in [0, 0.05) is 21.3 Å². The summed E-state index contributed by atoms with van der Waals surface area (Å²) in [5.74, 6) is 0.175. The average molecular weight is 432 g/mol. The van der Waals surface area contributed by atoms with Crippen LogP contribution in [0, 0.1) is 0 Å². The third-order valence-corrected chi connectivity index (χ3v) is 5.77. The van der Waals surface area contributed by atoms with Crippen LogP contribution < -0.4 is 15.8 Å². The zero-order valence-electron chi connectivity index (χ0n) is 13.6. The predicted octanol–water partition coefficient (Wildman–Crippen LogP) is 3.35. The number of thiazole rings is 1. The van der Waals surface area contributed by atoms with E-state index in [1.165, 1.54) is 0 Å². The highest BCUT2D eigenvalue weighted by Crippen LogP contribution is 2.47. The van der Waals surface area contributed by atoms with Crippen molar-refractivity contribution in [3.05, 3.63) is 57.4 Å². The van der Waals surface area contributed by atoms with Crippen LogP contribution in [0.15, 0.2) is 46.9 Å². The summed E-state index contributed by atoms with van der Waals surface area (Å²) in [6, 6.07) is 12.5. The van der Waals surface area contributed by atoms with E-state index in [0.29, 0.717) is 27.6 Å². The molecule has 2 aromatic carbocycles. The topological polar surface area (TPSA) is 97.5 Å². The molecule has 2 heterocycles. The molecule has 0 spiro atoms. The lowest BCUT2D eigenvalue weighted by Crippen LogP contribution is -2.35. The molecule has 0 aliphatic carbocycles. The normalized spacial score (nSPS) is 18.5. The number of hydrogen-bond donors (Lipinski definition) is 3. The second-order valence-electron chi connectivity index (χ2n) is 5.81. The second kappa shape index (κ2) is 6.08. The molecule has 0 fully saturated rings. The maximum absolute atomic E-state index is 12.7. The van der Waals surface area contributed by atoms with Gasteiger partial charge in [-0.1, -0.05) is 27.3 Å². The lowest BCUT2D eigenvalue weighted by Gasteiger charge is -2.20. The van der Waals surface area contributed by atoms with Crippen LogP contribution in [0.3, 0.4) is 0 Å². The number of fused-ring (bicyclic) bond motifs is 1. The molecule has 1 amide bonds. The first-order valence-electron chi connectivity index (χ1n) is 7.68. The number of nitrogens with two attached hydrogens (primary N) is 1. The van der Waals surface area contributed by atoms with Gasteiger partial charge in [-0.25, -0.2) is 4.98 Å². The van der Waals surface area contributed by atoms with Crippen molar-refractivity contribution in [2.45, 2.75) is 5.60 Å². The summed E-state index contributed by atoms with van der Waals surface area (Å²) in [6.07, 6.45) is 0. The number of aromatic nitrogens is 1. The molecule has 1 aromatic heterocycles. The van der Waals surface area contributed by atoms with Crippen molar-refractivity contribution >= 4 is 44.0 Å². The molecule has 132 valence electrons. The van der Waals surface area contributed by atoms with E-state index in [9.17, 15) is 9.90 Å². The Labute approximate surface area is 161 Å². The molecule has 0 saturated carbocycles. The van der Waals surface area contributed by atoms with E-state index in [1.807, 2.05) is 12.1 Å². The summed E-state index contributed by atoms with van der Waals surface area (Å²) in [5.41, 5.74) is 6.31. The monoisotopic (exact) mass is 431 g/mol. The molecule has 6 nitrogen and oxygen atoms in total. The van der Waals surface area contributed by atoms with Crippen LogP contribution in [-0.2, 0) is 10.4 Å². The number of anilines is 2. The van der Waals surface area contributed by atoms with Crippen molar-refractivity contribution in [1.29, 1.82) is 0 Å². The number of aliphatic hydroxyl groups is 1. The number of nitrogens with one attached hydrogen (secondary N) is 1. The zero-order chi connectivity index (χ0) is 18.5. The van der Waals surface area contributed by atoms with Gasteiger partial charge in [0.1, 0.15) is 5.75 Å². The molecular weight excluding hydrogens is 418 g/mol. The first-order chi connectivity index (χ1) is 12.4. The van der Waals surface area contributed by atoms with Gasteiger partial charge in [0.15, 0.2) is 5.13 Å². The second-order valence-corrected chi connectivity index (χ2v) is 7.76. The van der Waals surface area contributed by atoms with Gasteiger partial charge in [-0.2, -0.15) is 0 Å². The highest BCUT2D eigenvalue weighted by molar-refractivity contribution is 9.10. The van der Waals surface area contributed by atoms with E-state index in [1.54, 1.807) is 37.4 Å². The minimum absolute atomic E-state index is 0.274. The molecule has 1 atom stereocenters. The molecule has 0 bridgehead atoms. The lowest BCUT2D eigenvalue weighted by atomic mass is 9.91. The maximum Gasteiger partial charge on any atom is 0.266 e. The average Bonchev–Trinajstić information content (AvgIpc) is 3.15. The Bertz CT molecular complexity index is 1020. The number of benzene rings is 2. The Kier molecular flexibility index (Phi) is 3.98. The van der Waals surface area contributed by atoms with E-state index >= 15 is 0 Å². The smallest absolute Gasteiger partial charge is 0.266 e. The Hall–Kier alpha value is -2.42. The summed E-state index contributed by atoms with van der Waals surface area (Å²) in [7, 11) is 1.58. The van der Waals surface area contributed by atoms with Crippen LogP contribution in [0.25, 0.3) is 11.3 Å². The van der Waals surface area contributed by atoms with Crippen molar-refractivity contribution in [2.24, 2.45) is 0 Å². The van der Waals surface area contributed by atoms with E-state index in [0.717, 1.165) is 21.4 Å².